The van der Waals surface area contributed by atoms with Crippen LogP contribution in [-0.4, -0.2) is 25.5 Å². The standard InChI is InChI=1S/C13H11F4NO3/c1-21-12(20)7-5-10(19)18(6-7)9-4-2-3-8(11(9)14)13(15,16)17/h2-4,7H,5-6H2,1H3. The van der Waals surface area contributed by atoms with Gasteiger partial charge in [-0.05, 0) is 12.1 Å². The van der Waals surface area contributed by atoms with E-state index in [4.69, 9.17) is 0 Å². The van der Waals surface area contributed by atoms with E-state index in [-0.39, 0.29) is 13.0 Å². The normalized spacial score (nSPS) is 19.0. The van der Waals surface area contributed by atoms with E-state index in [1.165, 1.54) is 0 Å². The second-order valence-corrected chi connectivity index (χ2v) is 4.56. The van der Waals surface area contributed by atoms with Crippen molar-refractivity contribution in [1.82, 2.24) is 0 Å². The highest BCUT2D eigenvalue weighted by Crippen LogP contribution is 2.36. The van der Waals surface area contributed by atoms with Gasteiger partial charge in [0, 0.05) is 13.0 Å². The fraction of sp³-hybridized carbons (Fsp3) is 0.385. The highest BCUT2D eigenvalue weighted by Gasteiger charge is 2.40. The number of esters is 1. The summed E-state index contributed by atoms with van der Waals surface area (Å²) in [5.41, 5.74) is -1.93. The van der Waals surface area contributed by atoms with Crippen LogP contribution in [0.15, 0.2) is 18.2 Å². The van der Waals surface area contributed by atoms with Crippen LogP contribution in [-0.2, 0) is 20.5 Å². The van der Waals surface area contributed by atoms with Gasteiger partial charge in [-0.25, -0.2) is 4.39 Å². The first kappa shape index (κ1) is 15.3. The number of anilines is 1. The maximum atomic E-state index is 14.0. The first-order valence-corrected chi connectivity index (χ1v) is 5.99. The molecule has 0 N–H and O–H groups in total. The van der Waals surface area contributed by atoms with E-state index in [0.29, 0.717) is 6.07 Å². The van der Waals surface area contributed by atoms with Gasteiger partial charge in [0.05, 0.1) is 24.3 Å². The van der Waals surface area contributed by atoms with Gasteiger partial charge in [-0.15, -0.1) is 0 Å². The highest BCUT2D eigenvalue weighted by molar-refractivity contribution is 5.99. The Hall–Kier alpha value is -2.12. The van der Waals surface area contributed by atoms with Crippen molar-refractivity contribution in [3.8, 4) is 0 Å². The lowest BCUT2D eigenvalue weighted by Crippen LogP contribution is -2.27. The topological polar surface area (TPSA) is 46.6 Å². The van der Waals surface area contributed by atoms with Gasteiger partial charge in [-0.3, -0.25) is 9.59 Å². The minimum Gasteiger partial charge on any atom is -0.469 e. The number of ether oxygens (including phenoxy) is 1. The second-order valence-electron chi connectivity index (χ2n) is 4.56. The number of halogens is 4. The van der Waals surface area contributed by atoms with Crippen LogP contribution in [0.3, 0.4) is 0 Å². The molecule has 114 valence electrons. The van der Waals surface area contributed by atoms with Gasteiger partial charge < -0.3 is 9.64 Å². The molecule has 1 aromatic rings. The van der Waals surface area contributed by atoms with Gasteiger partial charge in [0.2, 0.25) is 5.91 Å². The molecule has 0 bridgehead atoms. The zero-order valence-corrected chi connectivity index (χ0v) is 10.9. The van der Waals surface area contributed by atoms with Crippen LogP contribution >= 0.6 is 0 Å². The molecule has 1 saturated heterocycles. The van der Waals surface area contributed by atoms with Gasteiger partial charge in [0.15, 0.2) is 5.82 Å². The number of rotatable bonds is 2. The quantitative estimate of drug-likeness (QED) is 0.622. The van der Waals surface area contributed by atoms with Crippen molar-refractivity contribution in [2.45, 2.75) is 12.6 Å². The van der Waals surface area contributed by atoms with Crippen LogP contribution in [0.2, 0.25) is 0 Å². The minimum absolute atomic E-state index is 0.205. The molecule has 0 radical (unpaired) electrons. The maximum absolute atomic E-state index is 14.0. The third-order valence-electron chi connectivity index (χ3n) is 3.23. The summed E-state index contributed by atoms with van der Waals surface area (Å²) in [6.07, 6.45) is -5.08. The number of hydrogen-bond acceptors (Lipinski definition) is 3. The zero-order chi connectivity index (χ0) is 15.8. The first-order chi connectivity index (χ1) is 9.75. The van der Waals surface area contributed by atoms with E-state index in [1.54, 1.807) is 0 Å². The van der Waals surface area contributed by atoms with Crippen molar-refractivity contribution in [1.29, 1.82) is 0 Å². The third kappa shape index (κ3) is 2.84. The molecule has 0 saturated carbocycles. The molecule has 0 spiro atoms. The fourth-order valence-corrected chi connectivity index (χ4v) is 2.21. The second kappa shape index (κ2) is 5.34. The molecule has 1 aromatic carbocycles. The molecule has 1 atom stereocenters. The Labute approximate surface area is 117 Å². The Morgan fingerprint density at radius 1 is 1.38 bits per heavy atom. The van der Waals surface area contributed by atoms with Crippen LogP contribution in [0.4, 0.5) is 23.2 Å². The fourth-order valence-electron chi connectivity index (χ4n) is 2.21. The number of methoxy groups -OCH3 is 1. The molecule has 1 fully saturated rings. The zero-order valence-electron chi connectivity index (χ0n) is 10.9. The largest absolute Gasteiger partial charge is 0.469 e. The molecule has 1 unspecified atom stereocenters. The van der Waals surface area contributed by atoms with Crippen molar-refractivity contribution in [3.05, 3.63) is 29.6 Å². The van der Waals surface area contributed by atoms with Gasteiger partial charge in [-0.2, -0.15) is 13.2 Å². The predicted octanol–water partition coefficient (Wildman–Crippen LogP) is 2.37. The van der Waals surface area contributed by atoms with E-state index in [0.717, 1.165) is 24.1 Å². The number of carbonyl (C=O) groups excluding carboxylic acids is 2. The number of amides is 1. The first-order valence-electron chi connectivity index (χ1n) is 5.99. The van der Waals surface area contributed by atoms with Crippen molar-refractivity contribution < 1.29 is 31.9 Å². The Bertz CT molecular complexity index is 585. The average Bonchev–Trinajstić information content (AvgIpc) is 2.79. The SMILES string of the molecule is COC(=O)C1CC(=O)N(c2cccc(C(F)(F)F)c2F)C1. The van der Waals surface area contributed by atoms with E-state index in [2.05, 4.69) is 4.74 Å². The van der Waals surface area contributed by atoms with Crippen molar-refractivity contribution in [2.24, 2.45) is 5.92 Å². The van der Waals surface area contributed by atoms with Gasteiger partial charge in [-0.1, -0.05) is 6.07 Å². The summed E-state index contributed by atoms with van der Waals surface area (Å²) < 4.78 is 56.4. The van der Waals surface area contributed by atoms with Crippen molar-refractivity contribution >= 4 is 17.6 Å². The minimum atomic E-state index is -4.86. The molecule has 1 heterocycles. The molecular formula is C13H11F4NO3. The molecule has 1 aliphatic rings. The maximum Gasteiger partial charge on any atom is 0.419 e. The number of hydrogen-bond donors (Lipinski definition) is 0. The molecule has 2 rings (SSSR count). The molecule has 1 amide bonds. The lowest BCUT2D eigenvalue weighted by atomic mass is 10.1. The van der Waals surface area contributed by atoms with Crippen LogP contribution in [0.25, 0.3) is 0 Å². The van der Waals surface area contributed by atoms with Crippen molar-refractivity contribution in [2.75, 3.05) is 18.6 Å². The molecule has 8 heteroatoms. The number of benzene rings is 1. The van der Waals surface area contributed by atoms with E-state index in [1.807, 2.05) is 0 Å². The summed E-state index contributed by atoms with van der Waals surface area (Å²) >= 11 is 0. The Morgan fingerprint density at radius 3 is 2.62 bits per heavy atom. The van der Waals surface area contributed by atoms with Crippen LogP contribution in [0.1, 0.15) is 12.0 Å². The Kier molecular flexibility index (Phi) is 3.89. The lowest BCUT2D eigenvalue weighted by molar-refractivity contribution is -0.145. The molecule has 0 aromatic heterocycles. The summed E-state index contributed by atoms with van der Waals surface area (Å²) in [6, 6.07) is 2.68. The smallest absolute Gasteiger partial charge is 0.419 e. The molecule has 4 nitrogen and oxygen atoms in total. The summed E-state index contributed by atoms with van der Waals surface area (Å²) in [4.78, 5) is 24.0. The third-order valence-corrected chi connectivity index (χ3v) is 3.23. The summed E-state index contributed by atoms with van der Waals surface area (Å²) in [7, 11) is 1.14. The summed E-state index contributed by atoms with van der Waals surface area (Å²) in [5.74, 6) is -3.61. The van der Waals surface area contributed by atoms with Crippen LogP contribution < -0.4 is 4.90 Å². The van der Waals surface area contributed by atoms with Crippen molar-refractivity contribution in [3.63, 3.8) is 0 Å². The summed E-state index contributed by atoms with van der Waals surface area (Å²) in [5, 5.41) is 0. The highest BCUT2D eigenvalue weighted by atomic mass is 19.4. The number of carbonyl (C=O) groups is 2. The van der Waals surface area contributed by atoms with Gasteiger partial charge >= 0.3 is 12.1 Å². The molecular weight excluding hydrogens is 294 g/mol. The van der Waals surface area contributed by atoms with E-state index < -0.39 is 41.0 Å². The molecule has 21 heavy (non-hydrogen) atoms. The molecule has 1 aliphatic heterocycles. The average molecular weight is 305 g/mol. The van der Waals surface area contributed by atoms with E-state index >= 15 is 0 Å². The number of nitrogens with zero attached hydrogens (tertiary/aromatic N) is 1. The Balaban J connectivity index is 2.35. The number of alkyl halides is 3. The lowest BCUT2D eigenvalue weighted by Gasteiger charge is -2.19. The molecule has 0 aliphatic carbocycles. The van der Waals surface area contributed by atoms with Crippen LogP contribution in [0.5, 0.6) is 0 Å². The predicted molar refractivity (Wildman–Crippen MR) is 63.9 cm³/mol. The van der Waals surface area contributed by atoms with E-state index in [9.17, 15) is 27.2 Å². The monoisotopic (exact) mass is 305 g/mol. The summed E-state index contributed by atoms with van der Waals surface area (Å²) in [6.45, 7) is -0.205. The van der Waals surface area contributed by atoms with Gasteiger partial charge in [0.25, 0.3) is 0 Å². The Morgan fingerprint density at radius 2 is 2.05 bits per heavy atom. The van der Waals surface area contributed by atoms with Gasteiger partial charge in [0.1, 0.15) is 0 Å². The van der Waals surface area contributed by atoms with Crippen LogP contribution in [0, 0.1) is 11.7 Å².